The first kappa shape index (κ1) is 15.4. The maximum atomic E-state index is 10.3. The van der Waals surface area contributed by atoms with Gasteiger partial charge in [-0.1, -0.05) is 0 Å². The second kappa shape index (κ2) is 5.58. The molecule has 0 spiro atoms. The molecule has 24 heavy (non-hydrogen) atoms. The highest BCUT2D eigenvalue weighted by Crippen LogP contribution is 2.45. The molecule has 0 unspecified atom stereocenters. The van der Waals surface area contributed by atoms with Crippen LogP contribution in [-0.2, 0) is 0 Å². The molecule has 0 radical (unpaired) electrons. The standard InChI is InChI=1S/C18H14O6/c19-9-1-3-15(21)11(5-9)13-7-18(24)14(8-17(13)23)12-6-10(20)2-4-16(12)22/h1-8,19-24H. The highest BCUT2D eigenvalue weighted by atomic mass is 16.3. The van der Waals surface area contributed by atoms with Crippen LogP contribution in [0, 0.1) is 0 Å². The van der Waals surface area contributed by atoms with Gasteiger partial charge in [-0.3, -0.25) is 0 Å². The van der Waals surface area contributed by atoms with Gasteiger partial charge < -0.3 is 30.6 Å². The zero-order chi connectivity index (χ0) is 17.4. The van der Waals surface area contributed by atoms with Crippen LogP contribution >= 0.6 is 0 Å². The Labute approximate surface area is 136 Å². The number of phenolic OH excluding ortho intramolecular Hbond substituents is 6. The fourth-order valence-electron chi connectivity index (χ4n) is 2.49. The molecule has 0 amide bonds. The van der Waals surface area contributed by atoms with Crippen molar-refractivity contribution in [2.24, 2.45) is 0 Å². The van der Waals surface area contributed by atoms with Crippen molar-refractivity contribution in [1.29, 1.82) is 0 Å². The van der Waals surface area contributed by atoms with Gasteiger partial charge in [-0.2, -0.15) is 0 Å². The van der Waals surface area contributed by atoms with Gasteiger partial charge in [0.2, 0.25) is 0 Å². The van der Waals surface area contributed by atoms with Crippen LogP contribution in [0.1, 0.15) is 0 Å². The number of hydrogen-bond acceptors (Lipinski definition) is 6. The Morgan fingerprint density at radius 3 is 1.08 bits per heavy atom. The van der Waals surface area contributed by atoms with Gasteiger partial charge in [-0.05, 0) is 48.5 Å². The van der Waals surface area contributed by atoms with E-state index in [1.165, 1.54) is 48.5 Å². The number of hydrogen-bond donors (Lipinski definition) is 6. The molecule has 0 aliphatic carbocycles. The number of benzene rings is 3. The molecule has 0 aliphatic rings. The van der Waals surface area contributed by atoms with Gasteiger partial charge in [0.15, 0.2) is 0 Å². The minimum Gasteiger partial charge on any atom is -0.508 e. The third-order valence-corrected chi connectivity index (χ3v) is 3.65. The lowest BCUT2D eigenvalue weighted by atomic mass is 9.96. The van der Waals surface area contributed by atoms with Crippen molar-refractivity contribution in [2.75, 3.05) is 0 Å². The summed E-state index contributed by atoms with van der Waals surface area (Å²) in [5.41, 5.74) is 0.470. The van der Waals surface area contributed by atoms with Crippen LogP contribution in [0.5, 0.6) is 34.5 Å². The van der Waals surface area contributed by atoms with Crippen molar-refractivity contribution in [3.63, 3.8) is 0 Å². The molecule has 6 heteroatoms. The van der Waals surface area contributed by atoms with E-state index in [2.05, 4.69) is 0 Å². The van der Waals surface area contributed by atoms with E-state index in [0.717, 1.165) is 0 Å². The fourth-order valence-corrected chi connectivity index (χ4v) is 2.49. The van der Waals surface area contributed by atoms with Gasteiger partial charge in [0.25, 0.3) is 0 Å². The second-order valence-corrected chi connectivity index (χ2v) is 5.29. The minimum absolute atomic E-state index is 0.101. The molecule has 6 N–H and O–H groups in total. The third kappa shape index (κ3) is 2.61. The number of aromatic hydroxyl groups is 6. The lowest BCUT2D eigenvalue weighted by molar-refractivity contribution is 0.453. The van der Waals surface area contributed by atoms with Gasteiger partial charge in [0, 0.05) is 22.3 Å². The molecule has 0 fully saturated rings. The average Bonchev–Trinajstić information content (AvgIpc) is 2.54. The van der Waals surface area contributed by atoms with Crippen LogP contribution < -0.4 is 0 Å². The van der Waals surface area contributed by atoms with E-state index in [9.17, 15) is 30.6 Å². The molecule has 3 rings (SSSR count). The number of phenols is 6. The summed E-state index contributed by atoms with van der Waals surface area (Å²) in [5.74, 6) is -1.17. The predicted octanol–water partition coefficient (Wildman–Crippen LogP) is 3.25. The van der Waals surface area contributed by atoms with E-state index in [4.69, 9.17) is 0 Å². The van der Waals surface area contributed by atoms with Crippen LogP contribution in [0.4, 0.5) is 0 Å². The van der Waals surface area contributed by atoms with Crippen molar-refractivity contribution in [3.05, 3.63) is 48.5 Å². The Bertz CT molecular complexity index is 856. The highest BCUT2D eigenvalue weighted by molar-refractivity contribution is 5.85. The second-order valence-electron chi connectivity index (χ2n) is 5.29. The molecule has 0 aromatic heterocycles. The van der Waals surface area contributed by atoms with Crippen molar-refractivity contribution < 1.29 is 30.6 Å². The van der Waals surface area contributed by atoms with Crippen LogP contribution in [0.15, 0.2) is 48.5 Å². The van der Waals surface area contributed by atoms with Crippen molar-refractivity contribution >= 4 is 0 Å². The average molecular weight is 326 g/mol. The lowest BCUT2D eigenvalue weighted by Gasteiger charge is -2.13. The summed E-state index contributed by atoms with van der Waals surface area (Å²) >= 11 is 0. The topological polar surface area (TPSA) is 121 Å². The SMILES string of the molecule is Oc1ccc(O)c(-c2cc(O)c(-c3cc(O)ccc3O)cc2O)c1. The highest BCUT2D eigenvalue weighted by Gasteiger charge is 2.17. The first-order valence-electron chi connectivity index (χ1n) is 6.97. The van der Waals surface area contributed by atoms with Gasteiger partial charge in [0.1, 0.15) is 34.5 Å². The minimum atomic E-state index is -0.286. The molecule has 0 aliphatic heterocycles. The summed E-state index contributed by atoms with van der Waals surface area (Å²) in [6, 6.07) is 9.98. The maximum absolute atomic E-state index is 10.3. The molecule has 3 aromatic rings. The molecule has 3 aromatic carbocycles. The molecule has 0 heterocycles. The van der Waals surface area contributed by atoms with Crippen LogP contribution in [0.3, 0.4) is 0 Å². The monoisotopic (exact) mass is 326 g/mol. The molecule has 0 saturated carbocycles. The lowest BCUT2D eigenvalue weighted by Crippen LogP contribution is -1.86. The molecular formula is C18H14O6. The summed E-state index contributed by atoms with van der Waals surface area (Å²) in [7, 11) is 0. The zero-order valence-electron chi connectivity index (χ0n) is 12.3. The Morgan fingerprint density at radius 2 is 0.708 bits per heavy atom. The van der Waals surface area contributed by atoms with Gasteiger partial charge in [0.05, 0.1) is 0 Å². The van der Waals surface area contributed by atoms with E-state index >= 15 is 0 Å². The quantitative estimate of drug-likeness (QED) is 0.402. The van der Waals surface area contributed by atoms with Gasteiger partial charge >= 0.3 is 0 Å². The summed E-state index contributed by atoms with van der Waals surface area (Å²) in [5, 5.41) is 59.4. The third-order valence-electron chi connectivity index (χ3n) is 3.65. The van der Waals surface area contributed by atoms with Crippen molar-refractivity contribution in [2.45, 2.75) is 0 Å². The van der Waals surface area contributed by atoms with Crippen LogP contribution in [0.25, 0.3) is 22.3 Å². The molecule has 0 atom stereocenters. The van der Waals surface area contributed by atoms with Crippen LogP contribution in [0.2, 0.25) is 0 Å². The van der Waals surface area contributed by atoms with Crippen LogP contribution in [-0.4, -0.2) is 30.6 Å². The summed E-state index contributed by atoms with van der Waals surface area (Å²) in [4.78, 5) is 0. The van der Waals surface area contributed by atoms with Crippen molar-refractivity contribution in [1.82, 2.24) is 0 Å². The van der Waals surface area contributed by atoms with Crippen molar-refractivity contribution in [3.8, 4) is 56.8 Å². The number of rotatable bonds is 2. The van der Waals surface area contributed by atoms with E-state index in [1.807, 2.05) is 0 Å². The summed E-state index contributed by atoms with van der Waals surface area (Å²) in [6.07, 6.45) is 0. The Balaban J connectivity index is 2.20. The Hall–Kier alpha value is -3.54. The van der Waals surface area contributed by atoms with E-state index in [-0.39, 0.29) is 56.8 Å². The van der Waals surface area contributed by atoms with Gasteiger partial charge in [-0.25, -0.2) is 0 Å². The Morgan fingerprint density at radius 1 is 0.375 bits per heavy atom. The maximum Gasteiger partial charge on any atom is 0.124 e. The fraction of sp³-hybridized carbons (Fsp3) is 0. The smallest absolute Gasteiger partial charge is 0.124 e. The van der Waals surface area contributed by atoms with E-state index < -0.39 is 0 Å². The largest absolute Gasteiger partial charge is 0.508 e. The first-order valence-corrected chi connectivity index (χ1v) is 6.97. The zero-order valence-corrected chi connectivity index (χ0v) is 12.3. The molecule has 122 valence electrons. The molecule has 0 bridgehead atoms. The Kier molecular flexibility index (Phi) is 3.57. The normalized spacial score (nSPS) is 10.7. The predicted molar refractivity (Wildman–Crippen MR) is 87.3 cm³/mol. The molecule has 0 saturated heterocycles. The van der Waals surface area contributed by atoms with E-state index in [0.29, 0.717) is 0 Å². The molecule has 6 nitrogen and oxygen atoms in total. The molecular weight excluding hydrogens is 312 g/mol. The summed E-state index contributed by atoms with van der Waals surface area (Å²) in [6.45, 7) is 0. The summed E-state index contributed by atoms with van der Waals surface area (Å²) < 4.78 is 0. The van der Waals surface area contributed by atoms with Gasteiger partial charge in [-0.15, -0.1) is 0 Å². The van der Waals surface area contributed by atoms with E-state index in [1.54, 1.807) is 0 Å². The first-order chi connectivity index (χ1) is 11.4.